The van der Waals surface area contributed by atoms with Gasteiger partial charge < -0.3 is 20.1 Å². The molecule has 0 amide bonds. The van der Waals surface area contributed by atoms with Crippen molar-refractivity contribution in [2.24, 2.45) is 0 Å². The van der Waals surface area contributed by atoms with Gasteiger partial charge in [-0.05, 0) is 25.6 Å². The number of aryl methyl sites for hydroxylation is 1. The molecule has 1 aromatic rings. The molecule has 1 rings (SSSR count). The molecule has 0 bridgehead atoms. The Balaban J connectivity index is 0.00000137. The van der Waals surface area contributed by atoms with Crippen LogP contribution < -0.4 is 20.1 Å². The highest BCUT2D eigenvalue weighted by atomic mass is 16.5. The van der Waals surface area contributed by atoms with Gasteiger partial charge in [-0.15, -0.1) is 0 Å². The lowest BCUT2D eigenvalue weighted by molar-refractivity contribution is 0.402. The summed E-state index contributed by atoms with van der Waals surface area (Å²) in [6.07, 6.45) is 0. The number of likely N-dealkylation sites (N-methyl/N-ethyl adjacent to an activating group) is 1. The van der Waals surface area contributed by atoms with Crippen LogP contribution >= 0.6 is 0 Å². The fourth-order valence-electron chi connectivity index (χ4n) is 1.51. The Bertz CT molecular complexity index is 341. The fourth-order valence-corrected chi connectivity index (χ4v) is 1.51. The Morgan fingerprint density at radius 3 is 2.11 bits per heavy atom. The molecule has 0 aliphatic rings. The van der Waals surface area contributed by atoms with Gasteiger partial charge in [-0.3, -0.25) is 0 Å². The van der Waals surface area contributed by atoms with Crippen molar-refractivity contribution < 1.29 is 9.47 Å². The van der Waals surface area contributed by atoms with Gasteiger partial charge in [0, 0.05) is 19.2 Å². The SMILES string of the molecule is CC.CNCCNc1cc(OC)c(C)cc1OC. The minimum absolute atomic E-state index is 0.842. The van der Waals surface area contributed by atoms with E-state index >= 15 is 0 Å². The lowest BCUT2D eigenvalue weighted by Crippen LogP contribution is -2.18. The van der Waals surface area contributed by atoms with Gasteiger partial charge in [0.2, 0.25) is 0 Å². The highest BCUT2D eigenvalue weighted by Crippen LogP contribution is 2.32. The van der Waals surface area contributed by atoms with Gasteiger partial charge in [-0.1, -0.05) is 13.8 Å². The van der Waals surface area contributed by atoms with Crippen molar-refractivity contribution in [2.75, 3.05) is 39.7 Å². The fraction of sp³-hybridized carbons (Fsp3) is 0.571. The molecule has 0 saturated carbocycles. The van der Waals surface area contributed by atoms with E-state index in [1.54, 1.807) is 14.2 Å². The van der Waals surface area contributed by atoms with E-state index in [1.807, 2.05) is 40.0 Å². The number of hydrogen-bond acceptors (Lipinski definition) is 4. The van der Waals surface area contributed by atoms with Gasteiger partial charge in [-0.25, -0.2) is 0 Å². The van der Waals surface area contributed by atoms with Crippen LogP contribution in [0.5, 0.6) is 11.5 Å². The lowest BCUT2D eigenvalue weighted by Gasteiger charge is -2.14. The maximum atomic E-state index is 5.32. The topological polar surface area (TPSA) is 42.5 Å². The van der Waals surface area contributed by atoms with E-state index in [-0.39, 0.29) is 0 Å². The standard InChI is InChI=1S/C12H20N2O2.C2H6/c1-9-7-12(16-4)10(8-11(9)15-3)14-6-5-13-2;1-2/h7-8,13-14H,5-6H2,1-4H3;1-2H3. The van der Waals surface area contributed by atoms with Gasteiger partial charge in [0.1, 0.15) is 11.5 Å². The Morgan fingerprint density at radius 1 is 1.00 bits per heavy atom. The third-order valence-corrected chi connectivity index (χ3v) is 2.41. The number of methoxy groups -OCH3 is 2. The maximum absolute atomic E-state index is 5.32. The predicted octanol–water partition coefficient (Wildman–Crippen LogP) is 2.67. The van der Waals surface area contributed by atoms with Crippen LogP contribution in [0.15, 0.2) is 12.1 Å². The van der Waals surface area contributed by atoms with E-state index in [4.69, 9.17) is 9.47 Å². The van der Waals surface area contributed by atoms with Crippen LogP contribution in [-0.2, 0) is 0 Å². The zero-order chi connectivity index (χ0) is 14.0. The van der Waals surface area contributed by atoms with Crippen molar-refractivity contribution in [1.29, 1.82) is 0 Å². The van der Waals surface area contributed by atoms with E-state index < -0.39 is 0 Å². The second kappa shape index (κ2) is 9.59. The number of ether oxygens (including phenoxy) is 2. The van der Waals surface area contributed by atoms with E-state index in [1.165, 1.54) is 0 Å². The van der Waals surface area contributed by atoms with Crippen molar-refractivity contribution in [3.8, 4) is 11.5 Å². The molecule has 0 atom stereocenters. The van der Waals surface area contributed by atoms with Gasteiger partial charge in [0.15, 0.2) is 0 Å². The molecule has 104 valence electrons. The quantitative estimate of drug-likeness (QED) is 0.766. The number of nitrogens with one attached hydrogen (secondary N) is 2. The Morgan fingerprint density at radius 2 is 1.61 bits per heavy atom. The monoisotopic (exact) mass is 254 g/mol. The molecule has 0 spiro atoms. The van der Waals surface area contributed by atoms with Crippen molar-refractivity contribution >= 4 is 5.69 Å². The summed E-state index contributed by atoms with van der Waals surface area (Å²) in [5.74, 6) is 1.71. The number of hydrogen-bond donors (Lipinski definition) is 2. The van der Waals surface area contributed by atoms with Crippen molar-refractivity contribution in [2.45, 2.75) is 20.8 Å². The Kier molecular flexibility index (Phi) is 8.84. The molecule has 0 aliphatic heterocycles. The molecule has 0 heterocycles. The van der Waals surface area contributed by atoms with E-state index in [9.17, 15) is 0 Å². The van der Waals surface area contributed by atoms with Gasteiger partial charge in [0.25, 0.3) is 0 Å². The first-order chi connectivity index (χ1) is 8.72. The molecule has 4 heteroatoms. The van der Waals surface area contributed by atoms with Crippen LogP contribution in [0.25, 0.3) is 0 Å². The van der Waals surface area contributed by atoms with Crippen molar-refractivity contribution in [1.82, 2.24) is 5.32 Å². The Labute approximate surface area is 111 Å². The predicted molar refractivity (Wildman–Crippen MR) is 78.0 cm³/mol. The maximum Gasteiger partial charge on any atom is 0.142 e. The summed E-state index contributed by atoms with van der Waals surface area (Å²) < 4.78 is 10.6. The van der Waals surface area contributed by atoms with Crippen LogP contribution in [0.4, 0.5) is 5.69 Å². The number of benzene rings is 1. The summed E-state index contributed by atoms with van der Waals surface area (Å²) >= 11 is 0. The average molecular weight is 254 g/mol. The number of rotatable bonds is 6. The third kappa shape index (κ3) is 4.84. The minimum Gasteiger partial charge on any atom is -0.496 e. The highest BCUT2D eigenvalue weighted by molar-refractivity contribution is 5.62. The molecule has 0 unspecified atom stereocenters. The summed E-state index contributed by atoms with van der Waals surface area (Å²) in [4.78, 5) is 0. The highest BCUT2D eigenvalue weighted by Gasteiger charge is 2.07. The van der Waals surface area contributed by atoms with Crippen molar-refractivity contribution in [3.63, 3.8) is 0 Å². The van der Waals surface area contributed by atoms with Crippen LogP contribution in [-0.4, -0.2) is 34.4 Å². The molecule has 0 saturated heterocycles. The lowest BCUT2D eigenvalue weighted by atomic mass is 10.2. The summed E-state index contributed by atoms with van der Waals surface area (Å²) in [6, 6.07) is 3.93. The van der Waals surface area contributed by atoms with Crippen LogP contribution in [0.2, 0.25) is 0 Å². The molecular formula is C14H26N2O2. The normalized spacial score (nSPS) is 9.22. The van der Waals surface area contributed by atoms with E-state index in [0.29, 0.717) is 0 Å². The first-order valence-electron chi connectivity index (χ1n) is 6.34. The molecule has 0 aliphatic carbocycles. The number of anilines is 1. The molecule has 0 fully saturated rings. The molecule has 0 aromatic heterocycles. The van der Waals surface area contributed by atoms with Crippen LogP contribution in [0.1, 0.15) is 19.4 Å². The van der Waals surface area contributed by atoms with Crippen LogP contribution in [0.3, 0.4) is 0 Å². The molecule has 4 nitrogen and oxygen atoms in total. The van der Waals surface area contributed by atoms with E-state index in [0.717, 1.165) is 35.8 Å². The van der Waals surface area contributed by atoms with Gasteiger partial charge in [0.05, 0.1) is 19.9 Å². The van der Waals surface area contributed by atoms with Gasteiger partial charge in [-0.2, -0.15) is 0 Å². The summed E-state index contributed by atoms with van der Waals surface area (Å²) in [6.45, 7) is 7.75. The minimum atomic E-state index is 0.842. The Hall–Kier alpha value is -1.42. The molecule has 0 radical (unpaired) electrons. The average Bonchev–Trinajstić information content (AvgIpc) is 2.42. The zero-order valence-corrected chi connectivity index (χ0v) is 12.4. The van der Waals surface area contributed by atoms with Crippen LogP contribution in [0, 0.1) is 6.92 Å². The zero-order valence-electron chi connectivity index (χ0n) is 12.4. The van der Waals surface area contributed by atoms with Crippen molar-refractivity contribution in [3.05, 3.63) is 17.7 Å². The molecular weight excluding hydrogens is 228 g/mol. The first-order valence-corrected chi connectivity index (χ1v) is 6.34. The summed E-state index contributed by atoms with van der Waals surface area (Å²) in [5, 5.41) is 6.38. The second-order valence-electron chi connectivity index (χ2n) is 3.55. The summed E-state index contributed by atoms with van der Waals surface area (Å²) in [5.41, 5.74) is 2.03. The smallest absolute Gasteiger partial charge is 0.142 e. The first kappa shape index (κ1) is 16.6. The third-order valence-electron chi connectivity index (χ3n) is 2.41. The largest absolute Gasteiger partial charge is 0.496 e. The second-order valence-corrected chi connectivity index (χ2v) is 3.55. The molecule has 18 heavy (non-hydrogen) atoms. The van der Waals surface area contributed by atoms with E-state index in [2.05, 4.69) is 10.6 Å². The van der Waals surface area contributed by atoms with Gasteiger partial charge >= 0.3 is 0 Å². The molecule has 2 N–H and O–H groups in total. The molecule has 1 aromatic carbocycles. The summed E-state index contributed by atoms with van der Waals surface area (Å²) in [7, 11) is 5.27.